The molecule has 0 saturated heterocycles. The SMILES string of the molecule is c1ccc(-c2ccc3c(c2)c2c4c5c(cc2n3-c2nc(-c3ccccc3)nc(-c3ccccc3)n2)Oc2ccccc2N5c2ccccc2O4)cc1. The number of ether oxygens (including phenoxy) is 2. The molecule has 7 heteroatoms. The van der Waals surface area contributed by atoms with Gasteiger partial charge in [0.25, 0.3) is 0 Å². The quantitative estimate of drug-likeness (QED) is 0.186. The molecule has 0 aliphatic carbocycles. The Bertz CT molecular complexity index is 2780. The number of hydrogen-bond acceptors (Lipinski definition) is 6. The molecule has 0 N–H and O–H groups in total. The van der Waals surface area contributed by atoms with Crippen LogP contribution in [-0.2, 0) is 0 Å². The molecule has 0 bridgehead atoms. The fourth-order valence-electron chi connectivity index (χ4n) is 7.48. The van der Waals surface area contributed by atoms with Gasteiger partial charge in [0.1, 0.15) is 5.69 Å². The number of rotatable bonds is 4. The number of para-hydroxylation sites is 4. The summed E-state index contributed by atoms with van der Waals surface area (Å²) in [5.41, 5.74) is 8.59. The average molecular weight is 670 g/mol. The van der Waals surface area contributed by atoms with Gasteiger partial charge in [-0.3, -0.25) is 9.47 Å². The molecular formula is C45H27N5O2. The average Bonchev–Trinajstić information content (AvgIpc) is 3.55. The van der Waals surface area contributed by atoms with Gasteiger partial charge in [-0.1, -0.05) is 121 Å². The van der Waals surface area contributed by atoms with Crippen molar-refractivity contribution in [1.29, 1.82) is 0 Å². The van der Waals surface area contributed by atoms with E-state index in [2.05, 4.69) is 70.1 Å². The third-order valence-corrected chi connectivity index (χ3v) is 9.81. The molecule has 0 unspecified atom stereocenters. The van der Waals surface area contributed by atoms with Gasteiger partial charge in [-0.2, -0.15) is 9.97 Å². The Morgan fingerprint density at radius 1 is 0.423 bits per heavy atom. The molecule has 0 atom stereocenters. The number of nitrogens with zero attached hydrogens (tertiary/aromatic N) is 5. The molecule has 2 aliphatic rings. The van der Waals surface area contributed by atoms with Crippen LogP contribution in [0.5, 0.6) is 23.0 Å². The monoisotopic (exact) mass is 669 g/mol. The molecule has 7 nitrogen and oxygen atoms in total. The van der Waals surface area contributed by atoms with Gasteiger partial charge in [-0.15, -0.1) is 0 Å². The van der Waals surface area contributed by atoms with E-state index >= 15 is 0 Å². The van der Waals surface area contributed by atoms with Crippen molar-refractivity contribution in [2.24, 2.45) is 0 Å². The highest BCUT2D eigenvalue weighted by molar-refractivity contribution is 6.17. The summed E-state index contributed by atoms with van der Waals surface area (Å²) < 4.78 is 15.8. The smallest absolute Gasteiger partial charge is 0.238 e. The van der Waals surface area contributed by atoms with E-state index in [1.165, 1.54) is 0 Å². The van der Waals surface area contributed by atoms with Crippen molar-refractivity contribution in [3.63, 3.8) is 0 Å². The predicted octanol–water partition coefficient (Wildman–Crippen LogP) is 11.7. The van der Waals surface area contributed by atoms with E-state index in [9.17, 15) is 0 Å². The van der Waals surface area contributed by atoms with Gasteiger partial charge in [0.05, 0.1) is 27.8 Å². The predicted molar refractivity (Wildman–Crippen MR) is 205 cm³/mol. The van der Waals surface area contributed by atoms with Crippen LogP contribution in [0.1, 0.15) is 0 Å². The summed E-state index contributed by atoms with van der Waals surface area (Å²) in [5.74, 6) is 4.60. The number of anilines is 3. The van der Waals surface area contributed by atoms with Crippen molar-refractivity contribution >= 4 is 38.9 Å². The van der Waals surface area contributed by atoms with Gasteiger partial charge in [0.15, 0.2) is 34.6 Å². The molecule has 2 aliphatic heterocycles. The second-order valence-corrected chi connectivity index (χ2v) is 12.9. The van der Waals surface area contributed by atoms with Crippen molar-refractivity contribution < 1.29 is 9.47 Å². The fourth-order valence-corrected chi connectivity index (χ4v) is 7.48. The van der Waals surface area contributed by atoms with Crippen LogP contribution in [0.2, 0.25) is 0 Å². The number of fused-ring (bicyclic) bond motifs is 8. The zero-order chi connectivity index (χ0) is 34.2. The van der Waals surface area contributed by atoms with E-state index in [0.29, 0.717) is 23.3 Å². The first kappa shape index (κ1) is 28.6. The maximum Gasteiger partial charge on any atom is 0.238 e. The zero-order valence-corrected chi connectivity index (χ0v) is 27.6. The topological polar surface area (TPSA) is 65.3 Å². The van der Waals surface area contributed by atoms with Crippen LogP contribution in [0, 0.1) is 0 Å². The maximum absolute atomic E-state index is 6.95. The molecular weight excluding hydrogens is 643 g/mol. The Labute approximate surface area is 298 Å². The Hall–Kier alpha value is -7.25. The van der Waals surface area contributed by atoms with E-state index in [0.717, 1.165) is 78.4 Å². The van der Waals surface area contributed by atoms with Gasteiger partial charge < -0.3 is 9.47 Å². The molecule has 244 valence electrons. The third kappa shape index (κ3) is 4.29. The van der Waals surface area contributed by atoms with Gasteiger partial charge >= 0.3 is 0 Å². The minimum absolute atomic E-state index is 0.497. The highest BCUT2D eigenvalue weighted by Crippen LogP contribution is 2.62. The normalized spacial score (nSPS) is 12.5. The molecule has 0 fully saturated rings. The molecule has 11 rings (SSSR count). The highest BCUT2D eigenvalue weighted by Gasteiger charge is 2.37. The minimum Gasteiger partial charge on any atom is -0.453 e. The summed E-state index contributed by atoms with van der Waals surface area (Å²) in [4.78, 5) is 17.6. The molecule has 2 aromatic heterocycles. The van der Waals surface area contributed by atoms with Crippen LogP contribution >= 0.6 is 0 Å². The molecule has 0 saturated carbocycles. The minimum atomic E-state index is 0.497. The Morgan fingerprint density at radius 2 is 0.981 bits per heavy atom. The van der Waals surface area contributed by atoms with E-state index < -0.39 is 0 Å². The first-order valence-electron chi connectivity index (χ1n) is 17.2. The van der Waals surface area contributed by atoms with E-state index in [4.69, 9.17) is 24.4 Å². The summed E-state index contributed by atoms with van der Waals surface area (Å²) in [5, 5.41) is 1.95. The molecule has 0 spiro atoms. The Balaban J connectivity index is 1.26. The van der Waals surface area contributed by atoms with Gasteiger partial charge in [0.2, 0.25) is 5.95 Å². The van der Waals surface area contributed by atoms with E-state index in [1.54, 1.807) is 0 Å². The second kappa shape index (κ2) is 11.1. The van der Waals surface area contributed by atoms with E-state index in [1.807, 2.05) is 103 Å². The van der Waals surface area contributed by atoms with Crippen LogP contribution in [0.15, 0.2) is 164 Å². The van der Waals surface area contributed by atoms with Crippen LogP contribution in [0.25, 0.3) is 61.7 Å². The molecule has 52 heavy (non-hydrogen) atoms. The lowest BCUT2D eigenvalue weighted by Crippen LogP contribution is -2.20. The van der Waals surface area contributed by atoms with Gasteiger partial charge in [0, 0.05) is 22.6 Å². The molecule has 0 radical (unpaired) electrons. The lowest BCUT2D eigenvalue weighted by Gasteiger charge is -2.38. The first-order valence-corrected chi connectivity index (χ1v) is 17.2. The fraction of sp³-hybridized carbons (Fsp3) is 0. The summed E-state index contributed by atoms with van der Waals surface area (Å²) in [6.45, 7) is 0. The summed E-state index contributed by atoms with van der Waals surface area (Å²) in [6, 6.07) is 55.5. The molecule has 0 amide bonds. The van der Waals surface area contributed by atoms with Crippen molar-refractivity contribution in [3.8, 4) is 62.8 Å². The Morgan fingerprint density at radius 3 is 1.62 bits per heavy atom. The number of benzene rings is 7. The van der Waals surface area contributed by atoms with E-state index in [-0.39, 0.29) is 0 Å². The maximum atomic E-state index is 6.95. The summed E-state index contributed by atoms with van der Waals surface area (Å²) in [7, 11) is 0. The highest BCUT2D eigenvalue weighted by atomic mass is 16.5. The zero-order valence-electron chi connectivity index (χ0n) is 27.6. The van der Waals surface area contributed by atoms with Crippen LogP contribution < -0.4 is 14.4 Å². The van der Waals surface area contributed by atoms with Crippen molar-refractivity contribution in [3.05, 3.63) is 164 Å². The van der Waals surface area contributed by atoms with Crippen molar-refractivity contribution in [2.45, 2.75) is 0 Å². The number of aromatic nitrogens is 4. The summed E-state index contributed by atoms with van der Waals surface area (Å²) >= 11 is 0. The molecule has 9 aromatic rings. The van der Waals surface area contributed by atoms with Gasteiger partial charge in [-0.25, -0.2) is 4.98 Å². The van der Waals surface area contributed by atoms with Crippen molar-refractivity contribution in [2.75, 3.05) is 4.90 Å². The van der Waals surface area contributed by atoms with Crippen LogP contribution in [-0.4, -0.2) is 19.5 Å². The summed E-state index contributed by atoms with van der Waals surface area (Å²) in [6.07, 6.45) is 0. The third-order valence-electron chi connectivity index (χ3n) is 9.81. The van der Waals surface area contributed by atoms with Crippen molar-refractivity contribution in [1.82, 2.24) is 19.5 Å². The largest absolute Gasteiger partial charge is 0.453 e. The molecule has 4 heterocycles. The standard InChI is InChI=1S/C45H27N5O2/c1-4-14-28(15-5-1)31-24-25-33-32(26-31)40-36(50(33)45-47-43(29-16-6-2-7-17-29)46-44(48-45)30-18-8-3-9-19-30)27-39-41-42(40)52-38-23-13-11-21-35(38)49(41)34-20-10-12-22-37(34)51-39/h1-27H. The number of hydrogen-bond donors (Lipinski definition) is 0. The second-order valence-electron chi connectivity index (χ2n) is 12.9. The molecule has 7 aromatic carbocycles. The van der Waals surface area contributed by atoms with Gasteiger partial charge in [-0.05, 0) is 47.5 Å². The first-order chi connectivity index (χ1) is 25.8. The van der Waals surface area contributed by atoms with Crippen LogP contribution in [0.3, 0.4) is 0 Å². The lowest BCUT2D eigenvalue weighted by atomic mass is 10.0. The Kier molecular flexibility index (Phi) is 6.12. The lowest BCUT2D eigenvalue weighted by molar-refractivity contribution is 0.450. The van der Waals surface area contributed by atoms with Crippen LogP contribution in [0.4, 0.5) is 17.1 Å².